The lowest BCUT2D eigenvalue weighted by Crippen LogP contribution is -2.01. The Morgan fingerprint density at radius 3 is 2.60 bits per heavy atom. The second kappa shape index (κ2) is 3.69. The normalized spacial score (nSPS) is 17.9. The van der Waals surface area contributed by atoms with Crippen molar-refractivity contribution in [3.8, 4) is 0 Å². The van der Waals surface area contributed by atoms with Crippen molar-refractivity contribution in [3.05, 3.63) is 41.0 Å². The predicted molar refractivity (Wildman–Crippen MR) is 58.4 cm³/mol. The highest BCUT2D eigenvalue weighted by molar-refractivity contribution is 6.24. The van der Waals surface area contributed by atoms with E-state index in [1.165, 1.54) is 0 Å². The van der Waals surface area contributed by atoms with E-state index in [9.17, 15) is 4.79 Å². The third kappa shape index (κ3) is 1.81. The lowest BCUT2D eigenvalue weighted by Gasteiger charge is -1.99. The Kier molecular flexibility index (Phi) is 2.37. The summed E-state index contributed by atoms with van der Waals surface area (Å²) in [7, 11) is 0. The molecule has 0 N–H and O–H groups in total. The third-order valence-corrected chi connectivity index (χ3v) is 2.36. The van der Waals surface area contributed by atoms with E-state index in [-0.39, 0.29) is 5.97 Å². The van der Waals surface area contributed by atoms with Crippen molar-refractivity contribution in [2.24, 2.45) is 5.16 Å². The zero-order valence-electron chi connectivity index (χ0n) is 8.65. The summed E-state index contributed by atoms with van der Waals surface area (Å²) < 4.78 is 0. The molecule has 1 heterocycles. The molecule has 0 aliphatic carbocycles. The Bertz CT molecular complexity index is 472. The van der Waals surface area contributed by atoms with Crippen molar-refractivity contribution in [2.75, 3.05) is 0 Å². The summed E-state index contributed by atoms with van der Waals surface area (Å²) in [5.74, 6) is -0.379. The molecule has 0 bridgehead atoms. The molecule has 0 unspecified atom stereocenters. The van der Waals surface area contributed by atoms with Crippen molar-refractivity contribution < 1.29 is 9.63 Å². The van der Waals surface area contributed by atoms with Crippen LogP contribution in [0.4, 0.5) is 0 Å². The second-order valence-electron chi connectivity index (χ2n) is 3.47. The van der Waals surface area contributed by atoms with Gasteiger partial charge in [-0.1, -0.05) is 29.4 Å². The molecular formula is C12H11NO2. The molecule has 3 nitrogen and oxygen atoms in total. The minimum atomic E-state index is -0.379. The standard InChI is InChI=1S/C12H11NO2/c1-8-5-3-4-6-10(8)7-11-9(2)13-15-12(11)14/h3-7H,1-2H3/b11-7-. The molecule has 1 aliphatic heterocycles. The van der Waals surface area contributed by atoms with Crippen molar-refractivity contribution in [1.82, 2.24) is 0 Å². The Balaban J connectivity index is 2.43. The number of hydrogen-bond acceptors (Lipinski definition) is 3. The molecule has 76 valence electrons. The average molecular weight is 201 g/mol. The zero-order valence-corrected chi connectivity index (χ0v) is 8.65. The summed E-state index contributed by atoms with van der Waals surface area (Å²) in [4.78, 5) is 15.9. The number of rotatable bonds is 1. The fourth-order valence-electron chi connectivity index (χ4n) is 1.42. The highest BCUT2D eigenvalue weighted by Gasteiger charge is 2.21. The molecule has 0 amide bonds. The van der Waals surface area contributed by atoms with Gasteiger partial charge in [-0.25, -0.2) is 4.79 Å². The van der Waals surface area contributed by atoms with Crippen LogP contribution in [-0.2, 0) is 9.63 Å². The Labute approximate surface area is 88.1 Å². The lowest BCUT2D eigenvalue weighted by molar-refractivity contribution is -0.136. The molecule has 15 heavy (non-hydrogen) atoms. The monoisotopic (exact) mass is 201 g/mol. The van der Waals surface area contributed by atoms with Gasteiger partial charge in [-0.2, -0.15) is 0 Å². The average Bonchev–Trinajstić information content (AvgIpc) is 2.53. The van der Waals surface area contributed by atoms with Crippen LogP contribution in [0.2, 0.25) is 0 Å². The van der Waals surface area contributed by atoms with Gasteiger partial charge in [-0.05, 0) is 31.1 Å². The summed E-state index contributed by atoms with van der Waals surface area (Å²) in [5, 5.41) is 3.62. The van der Waals surface area contributed by atoms with E-state index in [2.05, 4.69) is 9.99 Å². The molecule has 1 aromatic carbocycles. The third-order valence-electron chi connectivity index (χ3n) is 2.36. The molecule has 2 rings (SSSR count). The van der Waals surface area contributed by atoms with Gasteiger partial charge in [0.2, 0.25) is 0 Å². The number of benzene rings is 1. The van der Waals surface area contributed by atoms with Crippen molar-refractivity contribution in [3.63, 3.8) is 0 Å². The minimum absolute atomic E-state index is 0.379. The van der Waals surface area contributed by atoms with Gasteiger partial charge in [0.25, 0.3) is 0 Å². The maximum Gasteiger partial charge on any atom is 0.367 e. The minimum Gasteiger partial charge on any atom is -0.312 e. The van der Waals surface area contributed by atoms with Crippen LogP contribution in [0.25, 0.3) is 6.08 Å². The molecule has 0 aromatic heterocycles. The summed E-state index contributed by atoms with van der Waals surface area (Å²) in [6, 6.07) is 7.86. The molecule has 0 spiro atoms. The molecule has 0 radical (unpaired) electrons. The molecule has 0 atom stereocenters. The number of nitrogens with zero attached hydrogens (tertiary/aromatic N) is 1. The highest BCUT2D eigenvalue weighted by atomic mass is 16.7. The van der Waals surface area contributed by atoms with Crippen LogP contribution in [0.15, 0.2) is 35.0 Å². The quantitative estimate of drug-likeness (QED) is 0.516. The van der Waals surface area contributed by atoms with E-state index in [1.807, 2.05) is 37.3 Å². The van der Waals surface area contributed by atoms with Gasteiger partial charge in [-0.3, -0.25) is 0 Å². The van der Waals surface area contributed by atoms with Gasteiger partial charge in [0.15, 0.2) is 0 Å². The smallest absolute Gasteiger partial charge is 0.312 e. The molecule has 3 heteroatoms. The van der Waals surface area contributed by atoms with Gasteiger partial charge in [0, 0.05) is 0 Å². The van der Waals surface area contributed by atoms with Gasteiger partial charge in [0.05, 0.1) is 11.3 Å². The fraction of sp³-hybridized carbons (Fsp3) is 0.167. The van der Waals surface area contributed by atoms with Crippen molar-refractivity contribution in [1.29, 1.82) is 0 Å². The molecule has 0 saturated heterocycles. The van der Waals surface area contributed by atoms with E-state index in [0.717, 1.165) is 11.1 Å². The first kappa shape index (κ1) is 9.65. The lowest BCUT2D eigenvalue weighted by atomic mass is 10.0. The van der Waals surface area contributed by atoms with Crippen LogP contribution in [-0.4, -0.2) is 11.7 Å². The predicted octanol–water partition coefficient (Wildman–Crippen LogP) is 2.31. The van der Waals surface area contributed by atoms with Crippen LogP contribution in [0.1, 0.15) is 18.1 Å². The topological polar surface area (TPSA) is 38.7 Å². The van der Waals surface area contributed by atoms with E-state index >= 15 is 0 Å². The van der Waals surface area contributed by atoms with E-state index in [4.69, 9.17) is 0 Å². The van der Waals surface area contributed by atoms with Gasteiger partial charge < -0.3 is 4.84 Å². The van der Waals surface area contributed by atoms with Gasteiger partial charge >= 0.3 is 5.97 Å². The Morgan fingerprint density at radius 2 is 2.00 bits per heavy atom. The largest absolute Gasteiger partial charge is 0.367 e. The number of aryl methyl sites for hydroxylation is 1. The second-order valence-corrected chi connectivity index (χ2v) is 3.47. The first-order chi connectivity index (χ1) is 7.18. The van der Waals surface area contributed by atoms with Crippen LogP contribution >= 0.6 is 0 Å². The van der Waals surface area contributed by atoms with Crippen LogP contribution in [0, 0.1) is 6.92 Å². The summed E-state index contributed by atoms with van der Waals surface area (Å²) in [5.41, 5.74) is 3.30. The number of carbonyl (C=O) groups excluding carboxylic acids is 1. The van der Waals surface area contributed by atoms with Crippen LogP contribution in [0.5, 0.6) is 0 Å². The fourth-order valence-corrected chi connectivity index (χ4v) is 1.42. The SMILES string of the molecule is CC1=NOC(=O)/C1=C\c1ccccc1C. The first-order valence-electron chi connectivity index (χ1n) is 4.72. The van der Waals surface area contributed by atoms with E-state index in [0.29, 0.717) is 11.3 Å². The van der Waals surface area contributed by atoms with Gasteiger partial charge in [-0.15, -0.1) is 0 Å². The highest BCUT2D eigenvalue weighted by Crippen LogP contribution is 2.17. The molecule has 1 aromatic rings. The maximum absolute atomic E-state index is 11.3. The van der Waals surface area contributed by atoms with E-state index in [1.54, 1.807) is 6.92 Å². The molecule has 1 aliphatic rings. The Hall–Kier alpha value is -1.90. The summed E-state index contributed by atoms with van der Waals surface area (Å²) in [6.45, 7) is 3.76. The van der Waals surface area contributed by atoms with Crippen LogP contribution < -0.4 is 0 Å². The number of carbonyl (C=O) groups is 1. The van der Waals surface area contributed by atoms with Crippen LogP contribution in [0.3, 0.4) is 0 Å². The molecular weight excluding hydrogens is 190 g/mol. The van der Waals surface area contributed by atoms with E-state index < -0.39 is 0 Å². The van der Waals surface area contributed by atoms with Crippen molar-refractivity contribution >= 4 is 17.8 Å². The van der Waals surface area contributed by atoms with Crippen molar-refractivity contribution in [2.45, 2.75) is 13.8 Å². The summed E-state index contributed by atoms with van der Waals surface area (Å²) >= 11 is 0. The Morgan fingerprint density at radius 1 is 1.27 bits per heavy atom. The van der Waals surface area contributed by atoms with Gasteiger partial charge in [0.1, 0.15) is 0 Å². The zero-order chi connectivity index (χ0) is 10.8. The maximum atomic E-state index is 11.3. The first-order valence-corrected chi connectivity index (χ1v) is 4.72. The number of hydrogen-bond donors (Lipinski definition) is 0. The number of oxime groups is 1. The molecule has 0 fully saturated rings. The molecule has 0 saturated carbocycles. The summed E-state index contributed by atoms with van der Waals surface area (Å²) in [6.07, 6.45) is 1.81.